The van der Waals surface area contributed by atoms with Crippen molar-refractivity contribution in [2.75, 3.05) is 18.0 Å². The number of nitrogens with one attached hydrogen (secondary N) is 1. The van der Waals surface area contributed by atoms with Crippen LogP contribution in [0.5, 0.6) is 0 Å². The molecule has 2 rings (SSSR count). The molecule has 0 aromatic carbocycles. The number of rotatable bonds is 5. The Balaban J connectivity index is 1.96. The number of hydrogen-bond donors (Lipinski definition) is 1. The quantitative estimate of drug-likeness (QED) is 0.898. The minimum absolute atomic E-state index is 0.0389. The summed E-state index contributed by atoms with van der Waals surface area (Å²) < 4.78 is 0. The molecule has 0 bridgehead atoms. The van der Waals surface area contributed by atoms with Crippen molar-refractivity contribution in [3.8, 4) is 0 Å². The van der Waals surface area contributed by atoms with Gasteiger partial charge in [-0.15, -0.1) is 0 Å². The van der Waals surface area contributed by atoms with Gasteiger partial charge in [0.25, 0.3) is 5.91 Å². The van der Waals surface area contributed by atoms with E-state index in [1.165, 1.54) is 19.3 Å². The molecule has 0 atom stereocenters. The van der Waals surface area contributed by atoms with Gasteiger partial charge in [0.05, 0.1) is 11.9 Å². The van der Waals surface area contributed by atoms with Gasteiger partial charge >= 0.3 is 0 Å². The Morgan fingerprint density at radius 2 is 1.95 bits per heavy atom. The Labute approximate surface area is 121 Å². The monoisotopic (exact) mass is 275 g/mol. The molecule has 1 N–H and O–H groups in total. The lowest BCUT2D eigenvalue weighted by Gasteiger charge is -2.23. The zero-order valence-corrected chi connectivity index (χ0v) is 12.6. The summed E-state index contributed by atoms with van der Waals surface area (Å²) in [6, 6.07) is 4.14. The Bertz CT molecular complexity index is 420. The average Bonchev–Trinajstić information content (AvgIpc) is 2.50. The van der Waals surface area contributed by atoms with Gasteiger partial charge in [0.15, 0.2) is 0 Å². The van der Waals surface area contributed by atoms with Crippen LogP contribution in [0.2, 0.25) is 0 Å². The summed E-state index contributed by atoms with van der Waals surface area (Å²) in [5, 5.41) is 3.10. The third-order valence-corrected chi connectivity index (χ3v) is 4.05. The van der Waals surface area contributed by atoms with Crippen LogP contribution in [-0.4, -0.2) is 30.0 Å². The van der Waals surface area contributed by atoms with E-state index in [0.717, 1.165) is 31.6 Å². The summed E-state index contributed by atoms with van der Waals surface area (Å²) in [4.78, 5) is 18.7. The number of hydrogen-bond acceptors (Lipinski definition) is 3. The van der Waals surface area contributed by atoms with E-state index in [-0.39, 0.29) is 5.91 Å². The van der Waals surface area contributed by atoms with Crippen molar-refractivity contribution in [2.24, 2.45) is 0 Å². The van der Waals surface area contributed by atoms with Gasteiger partial charge in [-0.25, -0.2) is 4.98 Å². The van der Waals surface area contributed by atoms with Gasteiger partial charge in [0.2, 0.25) is 0 Å². The second kappa shape index (κ2) is 7.27. The van der Waals surface area contributed by atoms with E-state index < -0.39 is 0 Å². The molecule has 110 valence electrons. The molecule has 1 aliphatic rings. The summed E-state index contributed by atoms with van der Waals surface area (Å²) in [5.74, 6) is -0.0389. The molecule has 0 unspecified atom stereocenters. The van der Waals surface area contributed by atoms with Crippen LogP contribution in [0, 0.1) is 0 Å². The highest BCUT2D eigenvalue weighted by Crippen LogP contribution is 2.18. The second-order valence-corrected chi connectivity index (χ2v) is 5.38. The van der Waals surface area contributed by atoms with Crippen LogP contribution in [0.25, 0.3) is 0 Å². The van der Waals surface area contributed by atoms with Crippen LogP contribution >= 0.6 is 0 Å². The van der Waals surface area contributed by atoms with Gasteiger partial charge in [0.1, 0.15) is 5.69 Å². The first kappa shape index (κ1) is 14.8. The third-order valence-electron chi connectivity index (χ3n) is 4.05. The average molecular weight is 275 g/mol. The molecule has 1 aromatic heterocycles. The fourth-order valence-electron chi connectivity index (χ4n) is 2.80. The summed E-state index contributed by atoms with van der Waals surface area (Å²) >= 11 is 0. The van der Waals surface area contributed by atoms with Crippen molar-refractivity contribution in [2.45, 2.75) is 52.0 Å². The molecule has 0 spiro atoms. The normalized spacial score (nSPS) is 15.9. The summed E-state index contributed by atoms with van der Waals surface area (Å²) in [6.07, 6.45) is 7.73. The predicted octanol–water partition coefficient (Wildman–Crippen LogP) is 2.99. The fourth-order valence-corrected chi connectivity index (χ4v) is 2.80. The molecule has 4 heteroatoms. The minimum Gasteiger partial charge on any atom is -0.371 e. The minimum atomic E-state index is -0.0389. The number of pyridine rings is 1. The molecular formula is C16H25N3O. The van der Waals surface area contributed by atoms with Gasteiger partial charge in [-0.1, -0.05) is 19.3 Å². The zero-order valence-electron chi connectivity index (χ0n) is 12.6. The maximum absolute atomic E-state index is 12.1. The molecule has 1 saturated carbocycles. The van der Waals surface area contributed by atoms with Crippen molar-refractivity contribution in [3.05, 3.63) is 24.0 Å². The van der Waals surface area contributed by atoms with Crippen LogP contribution < -0.4 is 10.2 Å². The second-order valence-electron chi connectivity index (χ2n) is 5.38. The standard InChI is InChI=1S/C16H25N3O/c1-3-19(4-2)14-10-11-15(17-12-14)16(20)18-13-8-6-5-7-9-13/h10-13H,3-9H2,1-2H3,(H,18,20). The number of amides is 1. The highest BCUT2D eigenvalue weighted by Gasteiger charge is 2.17. The lowest BCUT2D eigenvalue weighted by Crippen LogP contribution is -2.36. The van der Waals surface area contributed by atoms with E-state index in [4.69, 9.17) is 0 Å². The van der Waals surface area contributed by atoms with Crippen molar-refractivity contribution in [1.29, 1.82) is 0 Å². The van der Waals surface area contributed by atoms with Gasteiger partial charge in [0, 0.05) is 19.1 Å². The van der Waals surface area contributed by atoms with Gasteiger partial charge in [-0.05, 0) is 38.8 Å². The number of carbonyl (C=O) groups is 1. The first-order valence-corrected chi connectivity index (χ1v) is 7.76. The summed E-state index contributed by atoms with van der Waals surface area (Å²) in [7, 11) is 0. The van der Waals surface area contributed by atoms with Crippen molar-refractivity contribution < 1.29 is 4.79 Å². The Hall–Kier alpha value is -1.58. The van der Waals surface area contributed by atoms with Crippen LogP contribution in [0.1, 0.15) is 56.4 Å². The number of aromatic nitrogens is 1. The summed E-state index contributed by atoms with van der Waals surface area (Å²) in [5.41, 5.74) is 1.59. The molecule has 20 heavy (non-hydrogen) atoms. The van der Waals surface area contributed by atoms with Crippen LogP contribution in [0.3, 0.4) is 0 Å². The lowest BCUT2D eigenvalue weighted by molar-refractivity contribution is 0.0922. The molecule has 1 aromatic rings. The number of carbonyl (C=O) groups excluding carboxylic acids is 1. The van der Waals surface area contributed by atoms with E-state index in [1.54, 1.807) is 6.20 Å². The number of nitrogens with zero attached hydrogens (tertiary/aromatic N) is 2. The van der Waals surface area contributed by atoms with Crippen molar-refractivity contribution in [1.82, 2.24) is 10.3 Å². The maximum atomic E-state index is 12.1. The third kappa shape index (κ3) is 3.71. The molecule has 4 nitrogen and oxygen atoms in total. The zero-order chi connectivity index (χ0) is 14.4. The smallest absolute Gasteiger partial charge is 0.270 e. The molecular weight excluding hydrogens is 250 g/mol. The Morgan fingerprint density at radius 1 is 1.25 bits per heavy atom. The molecule has 1 fully saturated rings. The highest BCUT2D eigenvalue weighted by molar-refractivity contribution is 5.92. The predicted molar refractivity (Wildman–Crippen MR) is 82.1 cm³/mol. The molecule has 1 aliphatic carbocycles. The van der Waals surface area contributed by atoms with Gasteiger partial charge in [-0.2, -0.15) is 0 Å². The van der Waals surface area contributed by atoms with Crippen LogP contribution in [0.4, 0.5) is 5.69 Å². The van der Waals surface area contributed by atoms with E-state index in [0.29, 0.717) is 11.7 Å². The largest absolute Gasteiger partial charge is 0.371 e. The van der Waals surface area contributed by atoms with Crippen molar-refractivity contribution >= 4 is 11.6 Å². The van der Waals surface area contributed by atoms with E-state index in [1.807, 2.05) is 12.1 Å². The van der Waals surface area contributed by atoms with Crippen LogP contribution in [-0.2, 0) is 0 Å². The lowest BCUT2D eigenvalue weighted by atomic mass is 9.95. The highest BCUT2D eigenvalue weighted by atomic mass is 16.1. The molecule has 0 saturated heterocycles. The Morgan fingerprint density at radius 3 is 2.50 bits per heavy atom. The van der Waals surface area contributed by atoms with E-state index in [9.17, 15) is 4.79 Å². The first-order chi connectivity index (χ1) is 9.74. The first-order valence-electron chi connectivity index (χ1n) is 7.76. The van der Waals surface area contributed by atoms with Crippen molar-refractivity contribution in [3.63, 3.8) is 0 Å². The molecule has 0 aliphatic heterocycles. The van der Waals surface area contributed by atoms with Gasteiger partial charge in [-0.3, -0.25) is 4.79 Å². The van der Waals surface area contributed by atoms with Crippen LogP contribution in [0.15, 0.2) is 18.3 Å². The topological polar surface area (TPSA) is 45.2 Å². The van der Waals surface area contributed by atoms with E-state index in [2.05, 4.69) is 29.0 Å². The molecule has 1 amide bonds. The van der Waals surface area contributed by atoms with Gasteiger partial charge < -0.3 is 10.2 Å². The SMILES string of the molecule is CCN(CC)c1ccc(C(=O)NC2CCCCC2)nc1. The summed E-state index contributed by atoms with van der Waals surface area (Å²) in [6.45, 7) is 6.14. The van der Waals surface area contributed by atoms with E-state index >= 15 is 0 Å². The molecule has 0 radical (unpaired) electrons. The fraction of sp³-hybridized carbons (Fsp3) is 0.625. The maximum Gasteiger partial charge on any atom is 0.270 e. The number of anilines is 1. The molecule has 1 heterocycles. The Kier molecular flexibility index (Phi) is 5.39.